The number of hydrogen-bond acceptors (Lipinski definition) is 2. The van der Waals surface area contributed by atoms with Crippen molar-refractivity contribution in [1.29, 1.82) is 0 Å². The second-order valence-electron chi connectivity index (χ2n) is 4.84. The van der Waals surface area contributed by atoms with Gasteiger partial charge in [0.05, 0.1) is 5.75 Å². The highest BCUT2D eigenvalue weighted by atomic mass is 35.5. The summed E-state index contributed by atoms with van der Waals surface area (Å²) in [7, 11) is -3.45. The molecule has 0 amide bonds. The molecule has 2 aromatic rings. The highest BCUT2D eigenvalue weighted by Gasteiger charge is 2.19. The lowest BCUT2D eigenvalue weighted by Gasteiger charge is -2.17. The quantitative estimate of drug-likeness (QED) is 0.876. The van der Waals surface area contributed by atoms with Crippen LogP contribution in [0.25, 0.3) is 0 Å². The van der Waals surface area contributed by atoms with Gasteiger partial charge >= 0.3 is 0 Å². The van der Waals surface area contributed by atoms with E-state index in [0.29, 0.717) is 17.0 Å². The first-order chi connectivity index (χ1) is 10.0. The first-order valence-electron chi connectivity index (χ1n) is 6.80. The summed E-state index contributed by atoms with van der Waals surface area (Å²) in [5, 5.41) is 0.468. The van der Waals surface area contributed by atoms with E-state index in [1.54, 1.807) is 24.3 Å². The zero-order chi connectivity index (χ0) is 15.3. The van der Waals surface area contributed by atoms with Gasteiger partial charge in [-0.15, -0.1) is 0 Å². The summed E-state index contributed by atoms with van der Waals surface area (Å²) in [4.78, 5) is 0. The van der Waals surface area contributed by atoms with Crippen LogP contribution in [0.15, 0.2) is 54.6 Å². The fourth-order valence-corrected chi connectivity index (χ4v) is 3.91. The van der Waals surface area contributed by atoms with Crippen molar-refractivity contribution < 1.29 is 8.42 Å². The molecule has 0 saturated carbocycles. The van der Waals surface area contributed by atoms with Crippen molar-refractivity contribution in [3.63, 3.8) is 0 Å². The lowest BCUT2D eigenvalue weighted by Crippen LogP contribution is -2.29. The van der Waals surface area contributed by atoms with Crippen molar-refractivity contribution in [3.05, 3.63) is 70.7 Å². The number of benzene rings is 2. The van der Waals surface area contributed by atoms with Crippen LogP contribution in [-0.4, -0.2) is 8.42 Å². The molecule has 2 rings (SSSR count). The van der Waals surface area contributed by atoms with Gasteiger partial charge < -0.3 is 0 Å². The molecule has 0 unspecified atom stereocenters. The molecule has 0 bridgehead atoms. The third-order valence-corrected chi connectivity index (χ3v) is 4.94. The number of rotatable bonds is 6. The van der Waals surface area contributed by atoms with E-state index >= 15 is 0 Å². The smallest absolute Gasteiger partial charge is 0.212 e. The molecule has 0 heterocycles. The molecule has 112 valence electrons. The molecule has 0 radical (unpaired) electrons. The summed E-state index contributed by atoms with van der Waals surface area (Å²) >= 11 is 6.03. The number of nitrogens with one attached hydrogen (secondary N) is 1. The van der Waals surface area contributed by atoms with Gasteiger partial charge in [0.15, 0.2) is 0 Å². The van der Waals surface area contributed by atoms with E-state index in [1.807, 2.05) is 37.3 Å². The summed E-state index contributed by atoms with van der Waals surface area (Å²) in [6.45, 7) is 1.95. The van der Waals surface area contributed by atoms with E-state index in [9.17, 15) is 8.42 Å². The Morgan fingerprint density at radius 1 is 1.05 bits per heavy atom. The van der Waals surface area contributed by atoms with Crippen LogP contribution in [0.4, 0.5) is 0 Å². The largest absolute Gasteiger partial charge is 0.216 e. The van der Waals surface area contributed by atoms with Crippen LogP contribution in [0.1, 0.15) is 30.5 Å². The van der Waals surface area contributed by atoms with Crippen LogP contribution < -0.4 is 4.72 Å². The van der Waals surface area contributed by atoms with Crippen LogP contribution >= 0.6 is 11.6 Å². The Labute approximate surface area is 131 Å². The number of sulfonamides is 1. The molecule has 21 heavy (non-hydrogen) atoms. The van der Waals surface area contributed by atoms with E-state index in [-0.39, 0.29) is 11.8 Å². The molecule has 1 N–H and O–H groups in total. The maximum atomic E-state index is 12.3. The zero-order valence-electron chi connectivity index (χ0n) is 11.8. The minimum Gasteiger partial charge on any atom is -0.212 e. The molecule has 0 aliphatic rings. The van der Waals surface area contributed by atoms with Gasteiger partial charge in [-0.3, -0.25) is 0 Å². The van der Waals surface area contributed by atoms with Crippen molar-refractivity contribution in [2.24, 2.45) is 0 Å². The molecule has 3 nitrogen and oxygen atoms in total. The Kier molecular flexibility index (Phi) is 5.39. The van der Waals surface area contributed by atoms with E-state index in [1.165, 1.54) is 0 Å². The molecule has 1 atom stereocenters. The highest BCUT2D eigenvalue weighted by Crippen LogP contribution is 2.21. The van der Waals surface area contributed by atoms with E-state index in [0.717, 1.165) is 5.56 Å². The average molecular weight is 324 g/mol. The molecule has 0 aliphatic carbocycles. The van der Waals surface area contributed by atoms with Crippen LogP contribution in [0.2, 0.25) is 5.02 Å². The minimum atomic E-state index is -3.45. The van der Waals surface area contributed by atoms with Crippen LogP contribution in [-0.2, 0) is 15.8 Å². The highest BCUT2D eigenvalue weighted by molar-refractivity contribution is 7.88. The summed E-state index contributed by atoms with van der Waals surface area (Å²) in [6.07, 6.45) is 0.686. The van der Waals surface area contributed by atoms with Crippen molar-refractivity contribution in [3.8, 4) is 0 Å². The predicted octanol–water partition coefficient (Wildman–Crippen LogP) is 3.91. The third-order valence-electron chi connectivity index (χ3n) is 3.24. The van der Waals surface area contributed by atoms with Crippen LogP contribution in [0.5, 0.6) is 0 Å². The minimum absolute atomic E-state index is 0.115. The summed E-state index contributed by atoms with van der Waals surface area (Å²) < 4.78 is 27.4. The Morgan fingerprint density at radius 3 is 2.29 bits per heavy atom. The van der Waals surface area contributed by atoms with Gasteiger partial charge in [0.1, 0.15) is 0 Å². The fraction of sp³-hybridized carbons (Fsp3) is 0.250. The first-order valence-corrected chi connectivity index (χ1v) is 8.83. The van der Waals surface area contributed by atoms with Gasteiger partial charge in [0.2, 0.25) is 10.0 Å². The maximum Gasteiger partial charge on any atom is 0.216 e. The Bertz CT molecular complexity index is 686. The molecule has 0 aliphatic heterocycles. The fourth-order valence-electron chi connectivity index (χ4n) is 2.15. The third kappa shape index (κ3) is 4.56. The molecular formula is C16H18ClNO2S. The van der Waals surface area contributed by atoms with Gasteiger partial charge in [-0.25, -0.2) is 13.1 Å². The number of hydrogen-bond donors (Lipinski definition) is 1. The lowest BCUT2D eigenvalue weighted by atomic mass is 10.1. The van der Waals surface area contributed by atoms with E-state index in [2.05, 4.69) is 4.72 Å². The van der Waals surface area contributed by atoms with Gasteiger partial charge in [0, 0.05) is 11.1 Å². The molecular weight excluding hydrogens is 306 g/mol. The van der Waals surface area contributed by atoms with Crippen molar-refractivity contribution in [1.82, 2.24) is 4.72 Å². The standard InChI is InChI=1S/C16H18ClNO2S/c1-2-16(13-8-4-3-5-9-13)18-21(19,20)12-14-10-6-7-11-15(14)17/h3-11,16,18H,2,12H2,1H3/t16-/m0/s1. The Balaban J connectivity index is 2.15. The Morgan fingerprint density at radius 2 is 1.67 bits per heavy atom. The summed E-state index contributed by atoms with van der Waals surface area (Å²) in [5.74, 6) is -0.115. The lowest BCUT2D eigenvalue weighted by molar-refractivity contribution is 0.549. The number of halogens is 1. The summed E-state index contributed by atoms with van der Waals surface area (Å²) in [5.41, 5.74) is 1.57. The first kappa shape index (κ1) is 16.0. The maximum absolute atomic E-state index is 12.3. The average Bonchev–Trinajstić information content (AvgIpc) is 2.48. The Hall–Kier alpha value is -1.36. The van der Waals surface area contributed by atoms with Crippen LogP contribution in [0, 0.1) is 0 Å². The molecule has 0 fully saturated rings. The van der Waals surface area contributed by atoms with Gasteiger partial charge in [-0.1, -0.05) is 67.1 Å². The zero-order valence-corrected chi connectivity index (χ0v) is 13.4. The normalized spacial score (nSPS) is 13.0. The van der Waals surface area contributed by atoms with Crippen molar-refractivity contribution >= 4 is 21.6 Å². The SMILES string of the molecule is CC[C@H](NS(=O)(=O)Cc1ccccc1Cl)c1ccccc1. The molecule has 0 saturated heterocycles. The monoisotopic (exact) mass is 323 g/mol. The van der Waals surface area contributed by atoms with Crippen LogP contribution in [0.3, 0.4) is 0 Å². The second-order valence-corrected chi connectivity index (χ2v) is 7.00. The van der Waals surface area contributed by atoms with Crippen molar-refractivity contribution in [2.75, 3.05) is 0 Å². The topological polar surface area (TPSA) is 46.2 Å². The molecule has 0 spiro atoms. The van der Waals surface area contributed by atoms with Crippen molar-refractivity contribution in [2.45, 2.75) is 25.1 Å². The molecule has 0 aromatic heterocycles. The second kappa shape index (κ2) is 7.07. The van der Waals surface area contributed by atoms with Gasteiger partial charge in [-0.05, 0) is 23.6 Å². The van der Waals surface area contributed by atoms with E-state index < -0.39 is 10.0 Å². The molecule has 2 aromatic carbocycles. The van der Waals surface area contributed by atoms with Gasteiger partial charge in [0.25, 0.3) is 0 Å². The predicted molar refractivity (Wildman–Crippen MR) is 86.7 cm³/mol. The molecule has 5 heteroatoms. The summed E-state index contributed by atoms with van der Waals surface area (Å²) in [6, 6.07) is 16.3. The van der Waals surface area contributed by atoms with E-state index in [4.69, 9.17) is 11.6 Å². The van der Waals surface area contributed by atoms with Gasteiger partial charge in [-0.2, -0.15) is 0 Å².